The molecule has 2 saturated heterocycles. The second kappa shape index (κ2) is 4.69. The molecule has 0 bridgehead atoms. The molecule has 1 amide bonds. The lowest BCUT2D eigenvalue weighted by Gasteiger charge is -2.36. The largest absolute Gasteiger partial charge is 0.393 e. The second-order valence-electron chi connectivity index (χ2n) is 4.77. The normalized spacial score (nSPS) is 34.6. The van der Waals surface area contributed by atoms with Gasteiger partial charge in [-0.3, -0.25) is 4.79 Å². The summed E-state index contributed by atoms with van der Waals surface area (Å²) in [5, 5.41) is 12.5. The molecule has 0 aromatic heterocycles. The van der Waals surface area contributed by atoms with Gasteiger partial charge in [-0.2, -0.15) is 0 Å². The van der Waals surface area contributed by atoms with Crippen LogP contribution >= 0.6 is 0 Å². The van der Waals surface area contributed by atoms with E-state index in [4.69, 9.17) is 4.74 Å². The number of carbonyl (C=O) groups excluding carboxylic acids is 1. The molecular formula is C11H20N2O3. The van der Waals surface area contributed by atoms with Gasteiger partial charge < -0.3 is 20.1 Å². The fraction of sp³-hybridized carbons (Fsp3) is 0.909. The van der Waals surface area contributed by atoms with Gasteiger partial charge >= 0.3 is 0 Å². The van der Waals surface area contributed by atoms with E-state index in [1.165, 1.54) is 0 Å². The van der Waals surface area contributed by atoms with Crippen LogP contribution in [0, 0.1) is 0 Å². The lowest BCUT2D eigenvalue weighted by atomic mass is 9.91. The highest BCUT2D eigenvalue weighted by atomic mass is 16.5. The summed E-state index contributed by atoms with van der Waals surface area (Å²) in [6.45, 7) is 2.35. The maximum absolute atomic E-state index is 11.7. The monoisotopic (exact) mass is 228 g/mol. The number of nitrogens with zero attached hydrogens (tertiary/aromatic N) is 1. The summed E-state index contributed by atoms with van der Waals surface area (Å²) >= 11 is 0. The van der Waals surface area contributed by atoms with Crippen LogP contribution in [0.5, 0.6) is 0 Å². The summed E-state index contributed by atoms with van der Waals surface area (Å²) in [4.78, 5) is 13.5. The first-order chi connectivity index (χ1) is 7.65. The topological polar surface area (TPSA) is 61.8 Å². The number of likely N-dealkylation sites (N-methyl/N-ethyl adjacent to an activating group) is 1. The highest BCUT2D eigenvalue weighted by molar-refractivity contribution is 5.78. The molecule has 2 fully saturated rings. The number of carbonyl (C=O) groups is 1. The van der Waals surface area contributed by atoms with Crippen molar-refractivity contribution in [2.45, 2.75) is 31.0 Å². The van der Waals surface area contributed by atoms with Crippen molar-refractivity contribution in [3.05, 3.63) is 0 Å². The standard InChI is InChI=1S/C11H20N2O3/c1-12-7-10(15)13-4-3-11(8-13)6-9(14)2-5-16-11/h9,12,14H,2-8H2,1H3/t9-,11-/m1/s1. The maximum Gasteiger partial charge on any atom is 0.236 e. The van der Waals surface area contributed by atoms with Gasteiger partial charge in [0.05, 0.1) is 18.2 Å². The molecule has 0 aromatic carbocycles. The first-order valence-electron chi connectivity index (χ1n) is 5.90. The van der Waals surface area contributed by atoms with Gasteiger partial charge in [-0.25, -0.2) is 0 Å². The Bertz CT molecular complexity index is 272. The van der Waals surface area contributed by atoms with Gasteiger partial charge in [0, 0.05) is 26.1 Å². The third-order valence-electron chi connectivity index (χ3n) is 3.46. The van der Waals surface area contributed by atoms with Gasteiger partial charge in [-0.1, -0.05) is 0 Å². The van der Waals surface area contributed by atoms with Gasteiger partial charge in [0.25, 0.3) is 0 Å². The van der Waals surface area contributed by atoms with E-state index >= 15 is 0 Å². The van der Waals surface area contributed by atoms with Crippen molar-refractivity contribution in [3.8, 4) is 0 Å². The Morgan fingerprint density at radius 1 is 1.69 bits per heavy atom. The number of aliphatic hydroxyl groups excluding tert-OH is 1. The summed E-state index contributed by atoms with van der Waals surface area (Å²) in [5.41, 5.74) is -0.277. The molecular weight excluding hydrogens is 208 g/mol. The molecule has 0 aliphatic carbocycles. The average Bonchev–Trinajstić information content (AvgIpc) is 2.62. The summed E-state index contributed by atoms with van der Waals surface area (Å²) in [5.74, 6) is 0.114. The predicted molar refractivity (Wildman–Crippen MR) is 59.0 cm³/mol. The van der Waals surface area contributed by atoms with Gasteiger partial charge in [0.15, 0.2) is 0 Å². The zero-order valence-electron chi connectivity index (χ0n) is 9.74. The van der Waals surface area contributed by atoms with Crippen LogP contribution in [0.3, 0.4) is 0 Å². The van der Waals surface area contributed by atoms with Crippen molar-refractivity contribution in [2.75, 3.05) is 33.3 Å². The Kier molecular flexibility index (Phi) is 3.47. The van der Waals surface area contributed by atoms with E-state index in [0.717, 1.165) is 13.0 Å². The minimum atomic E-state index is -0.277. The Balaban J connectivity index is 1.93. The molecule has 92 valence electrons. The molecule has 0 unspecified atom stereocenters. The van der Waals surface area contributed by atoms with Gasteiger partial charge in [-0.15, -0.1) is 0 Å². The zero-order valence-corrected chi connectivity index (χ0v) is 9.74. The Morgan fingerprint density at radius 3 is 3.19 bits per heavy atom. The minimum absolute atomic E-state index is 0.114. The fourth-order valence-electron chi connectivity index (χ4n) is 2.61. The number of hydrogen-bond acceptors (Lipinski definition) is 4. The molecule has 2 rings (SSSR count). The van der Waals surface area contributed by atoms with Crippen LogP contribution in [0.15, 0.2) is 0 Å². The summed E-state index contributed by atoms with van der Waals surface area (Å²) in [7, 11) is 1.77. The van der Waals surface area contributed by atoms with Gasteiger partial charge in [-0.05, 0) is 19.9 Å². The zero-order chi connectivity index (χ0) is 11.6. The predicted octanol–water partition coefficient (Wildman–Crippen LogP) is -0.652. The van der Waals surface area contributed by atoms with Crippen LogP contribution in [0.2, 0.25) is 0 Å². The third kappa shape index (κ3) is 2.36. The highest BCUT2D eigenvalue weighted by Gasteiger charge is 2.44. The number of hydrogen-bond donors (Lipinski definition) is 2. The number of ether oxygens (including phenoxy) is 1. The van der Waals surface area contributed by atoms with Crippen molar-refractivity contribution in [3.63, 3.8) is 0 Å². The summed E-state index contributed by atoms with van der Waals surface area (Å²) in [6.07, 6.45) is 1.95. The quantitative estimate of drug-likeness (QED) is 0.659. The first-order valence-corrected chi connectivity index (χ1v) is 5.90. The van der Waals surface area contributed by atoms with E-state index in [0.29, 0.717) is 32.5 Å². The van der Waals surface area contributed by atoms with Crippen molar-refractivity contribution in [2.24, 2.45) is 0 Å². The van der Waals surface area contributed by atoms with Crippen molar-refractivity contribution < 1.29 is 14.6 Å². The van der Waals surface area contributed by atoms with E-state index in [-0.39, 0.29) is 17.6 Å². The average molecular weight is 228 g/mol. The number of aliphatic hydroxyl groups is 1. The Hall–Kier alpha value is -0.650. The second-order valence-corrected chi connectivity index (χ2v) is 4.77. The van der Waals surface area contributed by atoms with E-state index in [9.17, 15) is 9.90 Å². The lowest BCUT2D eigenvalue weighted by molar-refractivity contribution is -0.135. The molecule has 2 heterocycles. The molecule has 5 nitrogen and oxygen atoms in total. The maximum atomic E-state index is 11.7. The van der Waals surface area contributed by atoms with Crippen molar-refractivity contribution in [1.29, 1.82) is 0 Å². The van der Waals surface area contributed by atoms with Crippen LogP contribution in [0.25, 0.3) is 0 Å². The number of rotatable bonds is 2. The van der Waals surface area contributed by atoms with Crippen LogP contribution in [-0.2, 0) is 9.53 Å². The van der Waals surface area contributed by atoms with Gasteiger partial charge in [0.1, 0.15) is 0 Å². The highest BCUT2D eigenvalue weighted by Crippen LogP contribution is 2.34. The molecule has 0 radical (unpaired) electrons. The fourth-order valence-corrected chi connectivity index (χ4v) is 2.61. The molecule has 0 saturated carbocycles. The summed E-state index contributed by atoms with van der Waals surface area (Å²) in [6, 6.07) is 0. The Labute approximate surface area is 95.8 Å². The molecule has 2 aliphatic heterocycles. The molecule has 0 aromatic rings. The number of amides is 1. The van der Waals surface area contributed by atoms with E-state index in [1.54, 1.807) is 7.05 Å². The first kappa shape index (κ1) is 11.8. The van der Waals surface area contributed by atoms with Crippen LogP contribution in [0.4, 0.5) is 0 Å². The number of nitrogens with one attached hydrogen (secondary N) is 1. The third-order valence-corrected chi connectivity index (χ3v) is 3.46. The molecule has 16 heavy (non-hydrogen) atoms. The number of likely N-dealkylation sites (tertiary alicyclic amines) is 1. The SMILES string of the molecule is CNCC(=O)N1CC[C@@]2(C[C@H](O)CCO2)C1. The van der Waals surface area contributed by atoms with Crippen molar-refractivity contribution in [1.82, 2.24) is 10.2 Å². The van der Waals surface area contributed by atoms with E-state index in [1.807, 2.05) is 4.90 Å². The molecule has 2 N–H and O–H groups in total. The van der Waals surface area contributed by atoms with Gasteiger partial charge in [0.2, 0.25) is 5.91 Å². The minimum Gasteiger partial charge on any atom is -0.393 e. The summed E-state index contributed by atoms with van der Waals surface area (Å²) < 4.78 is 5.78. The molecule has 2 atom stereocenters. The van der Waals surface area contributed by atoms with Crippen LogP contribution in [0.1, 0.15) is 19.3 Å². The molecule has 1 spiro atoms. The van der Waals surface area contributed by atoms with Crippen LogP contribution in [-0.4, -0.2) is 60.9 Å². The molecule has 2 aliphatic rings. The molecule has 5 heteroatoms. The lowest BCUT2D eigenvalue weighted by Crippen LogP contribution is -2.45. The van der Waals surface area contributed by atoms with E-state index < -0.39 is 0 Å². The van der Waals surface area contributed by atoms with E-state index in [2.05, 4.69) is 5.32 Å². The smallest absolute Gasteiger partial charge is 0.236 e. The van der Waals surface area contributed by atoms with Crippen molar-refractivity contribution >= 4 is 5.91 Å². The Morgan fingerprint density at radius 2 is 2.50 bits per heavy atom. The van der Waals surface area contributed by atoms with Crippen LogP contribution < -0.4 is 5.32 Å².